The monoisotopic (exact) mass is 428 g/mol. The number of phosphoric acid groups is 1. The molecule has 0 fully saturated rings. The quantitative estimate of drug-likeness (QED) is 0.326. The predicted octanol–water partition coefficient (Wildman–Crippen LogP) is 5.38. The van der Waals surface area contributed by atoms with Crippen LogP contribution in [0.15, 0.2) is 0 Å². The predicted molar refractivity (Wildman–Crippen MR) is 86.0 cm³/mol. The summed E-state index contributed by atoms with van der Waals surface area (Å²) in [6.45, 7) is 1.40. The molecule has 0 N–H and O–H groups in total. The van der Waals surface area contributed by atoms with Gasteiger partial charge >= 0.3 is 7.82 Å². The molecule has 11 heteroatoms. The summed E-state index contributed by atoms with van der Waals surface area (Å²) in [4.78, 5) is -0.661. The van der Waals surface area contributed by atoms with E-state index in [2.05, 4.69) is 0 Å². The zero-order valence-corrected chi connectivity index (χ0v) is 15.9. The third kappa shape index (κ3) is 10.6. The molecule has 0 radical (unpaired) electrons. The molecule has 0 aliphatic rings. The van der Waals surface area contributed by atoms with E-state index >= 15 is 0 Å². The lowest BCUT2D eigenvalue weighted by Gasteiger charge is -2.22. The molecule has 0 amide bonds. The van der Waals surface area contributed by atoms with Gasteiger partial charge in [0, 0.05) is 12.3 Å². The topological polar surface area (TPSA) is 44.8 Å². The van der Waals surface area contributed by atoms with Crippen LogP contribution in [0.25, 0.3) is 0 Å². The van der Waals surface area contributed by atoms with Crippen molar-refractivity contribution in [3.05, 3.63) is 0 Å². The Morgan fingerprint density at radius 1 is 1.10 bits per heavy atom. The van der Waals surface area contributed by atoms with Crippen LogP contribution in [0.3, 0.4) is 0 Å². The van der Waals surface area contributed by atoms with Crippen molar-refractivity contribution in [1.29, 1.82) is 0 Å². The van der Waals surface area contributed by atoms with Crippen LogP contribution in [0, 0.1) is 0 Å². The van der Waals surface area contributed by atoms with Gasteiger partial charge in [-0.3, -0.25) is 13.6 Å². The highest BCUT2D eigenvalue weighted by Crippen LogP contribution is 2.52. The molecule has 0 heterocycles. The van der Waals surface area contributed by atoms with E-state index in [9.17, 15) is 4.57 Å². The van der Waals surface area contributed by atoms with E-state index in [0.29, 0.717) is 0 Å². The summed E-state index contributed by atoms with van der Waals surface area (Å²) in [5, 5.41) is -1.15. The van der Waals surface area contributed by atoms with Crippen molar-refractivity contribution in [1.82, 2.24) is 0 Å². The molecule has 20 heavy (non-hydrogen) atoms. The Morgan fingerprint density at radius 2 is 1.70 bits per heavy atom. The Morgan fingerprint density at radius 3 is 2.15 bits per heavy atom. The standard InChI is InChI=1S/C9H15Cl6O4P/c1-6(11)9(15)19-20(16,17-3-2-8(13)14)18-5-7(12)4-10/h6-9H,2-5H2,1H3/t6-,7-,9+,20-/m1/s1. The SMILES string of the molecule is C[C@@H](Cl)[C@@H](Cl)O[P@](=O)(OCCC(Cl)Cl)OC[C@H](Cl)CCl. The normalized spacial score (nSPS) is 19.6. The first-order valence-corrected chi connectivity index (χ1v) is 9.71. The van der Waals surface area contributed by atoms with Crippen LogP contribution in [0.4, 0.5) is 0 Å². The van der Waals surface area contributed by atoms with Crippen molar-refractivity contribution < 1.29 is 18.1 Å². The van der Waals surface area contributed by atoms with Crippen molar-refractivity contribution in [2.24, 2.45) is 0 Å². The molecule has 0 saturated carbocycles. The molecule has 0 spiro atoms. The molecule has 0 aromatic rings. The van der Waals surface area contributed by atoms with Gasteiger partial charge in [-0.05, 0) is 6.92 Å². The van der Waals surface area contributed by atoms with Crippen LogP contribution in [0.5, 0.6) is 0 Å². The minimum Gasteiger partial charge on any atom is -0.287 e. The fourth-order valence-electron chi connectivity index (χ4n) is 0.776. The second-order valence-corrected chi connectivity index (χ2v) is 8.58. The minimum absolute atomic E-state index is 0.0386. The summed E-state index contributed by atoms with van der Waals surface area (Å²) in [7, 11) is -3.93. The van der Waals surface area contributed by atoms with Gasteiger partial charge in [0.2, 0.25) is 0 Å². The second kappa shape index (κ2) is 11.4. The fraction of sp³-hybridized carbons (Fsp3) is 1.00. The summed E-state index contributed by atoms with van der Waals surface area (Å²) in [6, 6.07) is 0. The summed E-state index contributed by atoms with van der Waals surface area (Å²) < 4.78 is 27.5. The van der Waals surface area contributed by atoms with E-state index in [1.54, 1.807) is 6.92 Å². The second-order valence-electron chi connectivity index (χ2n) is 3.64. The number of hydrogen-bond acceptors (Lipinski definition) is 4. The van der Waals surface area contributed by atoms with Crippen LogP contribution in [-0.4, -0.2) is 40.2 Å². The fourth-order valence-corrected chi connectivity index (χ4v) is 2.93. The van der Waals surface area contributed by atoms with Gasteiger partial charge in [0.15, 0.2) is 5.56 Å². The highest BCUT2D eigenvalue weighted by Gasteiger charge is 2.33. The van der Waals surface area contributed by atoms with E-state index in [0.717, 1.165) is 0 Å². The van der Waals surface area contributed by atoms with Gasteiger partial charge in [-0.15, -0.1) is 58.0 Å². The lowest BCUT2D eigenvalue weighted by atomic mass is 10.5. The highest BCUT2D eigenvalue weighted by molar-refractivity contribution is 7.48. The Labute approximate surface area is 148 Å². The Bertz CT molecular complexity index is 306. The van der Waals surface area contributed by atoms with Crippen LogP contribution >= 0.6 is 77.4 Å². The number of halogens is 6. The molecule has 0 aromatic heterocycles. The molecular formula is C9H15Cl6O4P. The molecule has 4 nitrogen and oxygen atoms in total. The van der Waals surface area contributed by atoms with Crippen LogP contribution in [-0.2, 0) is 18.1 Å². The molecular weight excluding hydrogens is 416 g/mol. The zero-order valence-electron chi connectivity index (χ0n) is 10.5. The van der Waals surface area contributed by atoms with E-state index in [-0.39, 0.29) is 25.5 Å². The van der Waals surface area contributed by atoms with Crippen molar-refractivity contribution in [2.75, 3.05) is 19.1 Å². The van der Waals surface area contributed by atoms with Gasteiger partial charge in [0.1, 0.15) is 4.84 Å². The molecule has 0 aliphatic heterocycles. The number of alkyl halides is 6. The molecule has 0 bridgehead atoms. The summed E-state index contributed by atoms with van der Waals surface area (Å²) in [6.07, 6.45) is 0.239. The first-order chi connectivity index (χ1) is 9.20. The van der Waals surface area contributed by atoms with E-state index < -0.39 is 29.0 Å². The third-order valence-electron chi connectivity index (χ3n) is 1.76. The largest absolute Gasteiger partial charge is 0.476 e. The molecule has 0 aromatic carbocycles. The highest BCUT2D eigenvalue weighted by atomic mass is 35.5. The Kier molecular flexibility index (Phi) is 12.4. The van der Waals surface area contributed by atoms with E-state index in [1.807, 2.05) is 0 Å². The smallest absolute Gasteiger partial charge is 0.287 e. The molecule has 0 rings (SSSR count). The maximum atomic E-state index is 12.3. The van der Waals surface area contributed by atoms with Crippen molar-refractivity contribution in [3.8, 4) is 0 Å². The molecule has 0 saturated heterocycles. The van der Waals surface area contributed by atoms with Gasteiger partial charge in [-0.2, -0.15) is 0 Å². The number of rotatable bonds is 11. The van der Waals surface area contributed by atoms with E-state index in [4.69, 9.17) is 83.2 Å². The number of hydrogen-bond donors (Lipinski definition) is 0. The first-order valence-electron chi connectivity index (χ1n) is 5.54. The van der Waals surface area contributed by atoms with Crippen molar-refractivity contribution in [3.63, 3.8) is 0 Å². The Hall–Kier alpha value is 1.85. The van der Waals surface area contributed by atoms with Crippen LogP contribution < -0.4 is 0 Å². The lowest BCUT2D eigenvalue weighted by molar-refractivity contribution is 0.103. The van der Waals surface area contributed by atoms with Gasteiger partial charge in [-0.1, -0.05) is 11.6 Å². The van der Waals surface area contributed by atoms with E-state index in [1.165, 1.54) is 0 Å². The molecule has 0 unspecified atom stereocenters. The van der Waals surface area contributed by atoms with Gasteiger partial charge in [0.05, 0.1) is 24.0 Å². The van der Waals surface area contributed by atoms with Crippen LogP contribution in [0.2, 0.25) is 0 Å². The molecule has 4 atom stereocenters. The summed E-state index contributed by atoms with van der Waals surface area (Å²) >= 11 is 33.9. The molecule has 0 aliphatic carbocycles. The first kappa shape index (κ1) is 21.9. The summed E-state index contributed by atoms with van der Waals surface area (Å²) in [5.41, 5.74) is -1.06. The summed E-state index contributed by atoms with van der Waals surface area (Å²) in [5.74, 6) is 0.114. The van der Waals surface area contributed by atoms with Crippen LogP contribution in [0.1, 0.15) is 13.3 Å². The third-order valence-corrected chi connectivity index (χ3v) is 5.40. The zero-order chi connectivity index (χ0) is 15.8. The number of phosphoric ester groups is 1. The average molecular weight is 431 g/mol. The average Bonchev–Trinajstić information content (AvgIpc) is 2.35. The minimum atomic E-state index is -3.93. The van der Waals surface area contributed by atoms with Gasteiger partial charge < -0.3 is 0 Å². The van der Waals surface area contributed by atoms with Crippen molar-refractivity contribution in [2.45, 2.75) is 34.5 Å². The Balaban J connectivity index is 4.53. The van der Waals surface area contributed by atoms with Gasteiger partial charge in [0.25, 0.3) is 0 Å². The molecule has 122 valence electrons. The van der Waals surface area contributed by atoms with Gasteiger partial charge in [-0.25, -0.2) is 4.57 Å². The maximum Gasteiger partial charge on any atom is 0.476 e. The maximum absolute atomic E-state index is 12.3. The van der Waals surface area contributed by atoms with Crippen molar-refractivity contribution >= 4 is 77.4 Å². The lowest BCUT2D eigenvalue weighted by Crippen LogP contribution is -2.18.